The Morgan fingerprint density at radius 2 is 1.89 bits per heavy atom. The number of fused-ring (bicyclic) bond motifs is 1. The highest BCUT2D eigenvalue weighted by Crippen LogP contribution is 2.36. The Morgan fingerprint density at radius 3 is 2.63 bits per heavy atom. The van der Waals surface area contributed by atoms with Gasteiger partial charge in [-0.2, -0.15) is 0 Å². The molecule has 5 rings (SSSR count). The number of rotatable bonds is 5. The normalized spacial score (nSPS) is 19.1. The SMILES string of the molecule is CNC(=O)c1sc2nc([C@H]3CCCCN3C(=O)c3ccc(CN4CCOCC4)cc3)ccc2c1N. The number of hydrogen-bond acceptors (Lipinski definition) is 7. The van der Waals surface area contributed by atoms with Crippen LogP contribution >= 0.6 is 11.3 Å². The minimum Gasteiger partial charge on any atom is -0.397 e. The van der Waals surface area contributed by atoms with Crippen molar-refractivity contribution in [3.05, 3.63) is 58.1 Å². The largest absolute Gasteiger partial charge is 0.397 e. The van der Waals surface area contributed by atoms with Gasteiger partial charge in [0.2, 0.25) is 0 Å². The molecule has 184 valence electrons. The standard InChI is InChI=1S/C26H31N5O3S/c1-28-24(32)23-22(27)19-9-10-20(29-25(19)35-23)21-4-2-3-11-31(21)26(33)18-7-5-17(6-8-18)16-30-12-14-34-15-13-30/h5-10,21H,2-4,11-16,27H2,1H3,(H,28,32)/t21-/m1/s1. The van der Waals surface area contributed by atoms with Crippen LogP contribution in [0.15, 0.2) is 36.4 Å². The molecule has 1 aromatic carbocycles. The van der Waals surface area contributed by atoms with Crippen molar-refractivity contribution < 1.29 is 14.3 Å². The topological polar surface area (TPSA) is 101 Å². The average molecular weight is 494 g/mol. The molecule has 9 heteroatoms. The number of amides is 2. The molecule has 35 heavy (non-hydrogen) atoms. The number of thiophene rings is 1. The molecule has 8 nitrogen and oxygen atoms in total. The fourth-order valence-corrected chi connectivity index (χ4v) is 5.94. The monoisotopic (exact) mass is 493 g/mol. The van der Waals surface area contributed by atoms with Crippen molar-refractivity contribution in [1.82, 2.24) is 20.1 Å². The van der Waals surface area contributed by atoms with Crippen molar-refractivity contribution in [2.24, 2.45) is 0 Å². The summed E-state index contributed by atoms with van der Waals surface area (Å²) in [4.78, 5) is 36.1. The number of morpholine rings is 1. The maximum Gasteiger partial charge on any atom is 0.263 e. The maximum atomic E-state index is 13.5. The number of nitrogens with two attached hydrogens (primary N) is 1. The zero-order valence-corrected chi connectivity index (χ0v) is 20.8. The van der Waals surface area contributed by atoms with Crippen molar-refractivity contribution in [2.45, 2.75) is 31.8 Å². The molecule has 0 radical (unpaired) electrons. The van der Waals surface area contributed by atoms with E-state index in [-0.39, 0.29) is 17.9 Å². The van der Waals surface area contributed by atoms with Crippen molar-refractivity contribution in [3.8, 4) is 0 Å². The number of pyridine rings is 1. The Balaban J connectivity index is 1.36. The summed E-state index contributed by atoms with van der Waals surface area (Å²) in [6.45, 7) is 5.00. The first kappa shape index (κ1) is 23.7. The molecule has 2 aliphatic heterocycles. The number of aromatic nitrogens is 1. The van der Waals surface area contributed by atoms with E-state index in [9.17, 15) is 9.59 Å². The third kappa shape index (κ3) is 4.89. The fourth-order valence-electron chi connectivity index (χ4n) is 4.90. The molecule has 0 unspecified atom stereocenters. The highest BCUT2D eigenvalue weighted by Gasteiger charge is 2.30. The lowest BCUT2D eigenvalue weighted by molar-refractivity contribution is 0.0342. The van der Waals surface area contributed by atoms with Gasteiger partial charge in [-0.15, -0.1) is 11.3 Å². The average Bonchev–Trinajstić information content (AvgIpc) is 3.24. The number of hydrogen-bond donors (Lipinski definition) is 2. The Labute approximate surface area is 209 Å². The second-order valence-electron chi connectivity index (χ2n) is 9.11. The predicted octanol–water partition coefficient (Wildman–Crippen LogP) is 3.44. The van der Waals surface area contributed by atoms with E-state index in [0.29, 0.717) is 22.7 Å². The molecule has 2 saturated heterocycles. The smallest absolute Gasteiger partial charge is 0.263 e. The van der Waals surface area contributed by atoms with Crippen molar-refractivity contribution in [2.75, 3.05) is 45.6 Å². The van der Waals surface area contributed by atoms with Crippen molar-refractivity contribution >= 4 is 39.1 Å². The van der Waals surface area contributed by atoms with Crippen LogP contribution in [0.1, 0.15) is 56.6 Å². The molecule has 2 amide bonds. The third-order valence-corrected chi connectivity index (χ3v) is 7.98. The molecule has 3 N–H and O–H groups in total. The first-order valence-corrected chi connectivity index (χ1v) is 13.0. The number of ether oxygens (including phenoxy) is 1. The van der Waals surface area contributed by atoms with Crippen LogP contribution < -0.4 is 11.1 Å². The van der Waals surface area contributed by atoms with Gasteiger partial charge in [0.1, 0.15) is 9.71 Å². The quantitative estimate of drug-likeness (QED) is 0.565. The van der Waals surface area contributed by atoms with Gasteiger partial charge >= 0.3 is 0 Å². The Hall–Kier alpha value is -3.01. The van der Waals surface area contributed by atoms with Gasteiger partial charge in [0.15, 0.2) is 0 Å². The lowest BCUT2D eigenvalue weighted by Crippen LogP contribution is -2.39. The molecule has 0 bridgehead atoms. The number of benzene rings is 1. The van der Waals surface area contributed by atoms with Gasteiger partial charge in [-0.05, 0) is 49.1 Å². The minimum atomic E-state index is -0.210. The van der Waals surface area contributed by atoms with Crippen LogP contribution in [0.3, 0.4) is 0 Å². The number of piperidine rings is 1. The molecular formula is C26H31N5O3S. The van der Waals surface area contributed by atoms with E-state index < -0.39 is 0 Å². The number of nitrogens with one attached hydrogen (secondary N) is 1. The van der Waals surface area contributed by atoms with Gasteiger partial charge in [0.05, 0.1) is 30.6 Å². The number of anilines is 1. The van der Waals surface area contributed by atoms with E-state index in [4.69, 9.17) is 15.5 Å². The Kier molecular flexibility index (Phi) is 6.99. The van der Waals surface area contributed by atoms with Crippen LogP contribution in [0.4, 0.5) is 5.69 Å². The van der Waals surface area contributed by atoms with Gasteiger partial charge in [-0.1, -0.05) is 12.1 Å². The van der Waals surface area contributed by atoms with Crippen LogP contribution in [0.5, 0.6) is 0 Å². The molecule has 0 aliphatic carbocycles. The number of nitrogens with zero attached hydrogens (tertiary/aromatic N) is 3. The van der Waals surface area contributed by atoms with E-state index in [1.165, 1.54) is 16.9 Å². The summed E-state index contributed by atoms with van der Waals surface area (Å²) >= 11 is 1.29. The lowest BCUT2D eigenvalue weighted by Gasteiger charge is -2.35. The summed E-state index contributed by atoms with van der Waals surface area (Å²) < 4.78 is 5.43. The number of carbonyl (C=O) groups excluding carboxylic acids is 2. The summed E-state index contributed by atoms with van der Waals surface area (Å²) in [7, 11) is 1.59. The molecule has 4 heterocycles. The van der Waals surface area contributed by atoms with Crippen LogP contribution in [-0.2, 0) is 11.3 Å². The fraction of sp³-hybridized carbons (Fsp3) is 0.423. The highest BCUT2D eigenvalue weighted by atomic mass is 32.1. The molecule has 2 fully saturated rings. The van der Waals surface area contributed by atoms with Gasteiger partial charge in [-0.3, -0.25) is 14.5 Å². The van der Waals surface area contributed by atoms with Crippen LogP contribution in [0.25, 0.3) is 10.2 Å². The zero-order chi connectivity index (χ0) is 24.4. The van der Waals surface area contributed by atoms with Gasteiger partial charge in [0.25, 0.3) is 11.8 Å². The number of likely N-dealkylation sites (tertiary alicyclic amines) is 1. The third-order valence-electron chi connectivity index (χ3n) is 6.86. The molecule has 1 atom stereocenters. The Morgan fingerprint density at radius 1 is 1.11 bits per heavy atom. The Bertz CT molecular complexity index is 1220. The van der Waals surface area contributed by atoms with Crippen LogP contribution in [0.2, 0.25) is 0 Å². The molecule has 2 aromatic heterocycles. The molecule has 0 saturated carbocycles. The van der Waals surface area contributed by atoms with Gasteiger partial charge in [-0.25, -0.2) is 4.98 Å². The van der Waals surface area contributed by atoms with Crippen LogP contribution in [-0.4, -0.2) is 66.5 Å². The summed E-state index contributed by atoms with van der Waals surface area (Å²) in [5, 5.41) is 3.41. The van der Waals surface area contributed by atoms with Gasteiger partial charge < -0.3 is 20.7 Å². The minimum absolute atomic E-state index is 0.0336. The van der Waals surface area contributed by atoms with E-state index in [1.807, 2.05) is 29.2 Å². The van der Waals surface area contributed by atoms with E-state index in [1.54, 1.807) is 7.05 Å². The predicted molar refractivity (Wildman–Crippen MR) is 138 cm³/mol. The lowest BCUT2D eigenvalue weighted by atomic mass is 9.97. The molecule has 3 aromatic rings. The maximum absolute atomic E-state index is 13.5. The van der Waals surface area contributed by atoms with Crippen LogP contribution in [0, 0.1) is 0 Å². The first-order valence-electron chi connectivity index (χ1n) is 12.2. The number of carbonyl (C=O) groups is 2. The summed E-state index contributed by atoms with van der Waals surface area (Å²) in [6, 6.07) is 11.8. The summed E-state index contributed by atoms with van der Waals surface area (Å²) in [6.07, 6.45) is 2.89. The van der Waals surface area contributed by atoms with E-state index in [2.05, 4.69) is 22.3 Å². The molecule has 2 aliphatic rings. The second-order valence-corrected chi connectivity index (χ2v) is 10.1. The van der Waals surface area contributed by atoms with Crippen molar-refractivity contribution in [3.63, 3.8) is 0 Å². The highest BCUT2D eigenvalue weighted by molar-refractivity contribution is 7.21. The number of nitrogen functional groups attached to an aromatic ring is 1. The van der Waals surface area contributed by atoms with Gasteiger partial charge in [0, 0.05) is 44.2 Å². The summed E-state index contributed by atoms with van der Waals surface area (Å²) in [5.74, 6) is -0.176. The first-order chi connectivity index (χ1) is 17.0. The molecular weight excluding hydrogens is 462 g/mol. The second kappa shape index (κ2) is 10.3. The summed E-state index contributed by atoms with van der Waals surface area (Å²) in [5.41, 5.74) is 9.41. The molecule has 0 spiro atoms. The van der Waals surface area contributed by atoms with E-state index in [0.717, 1.165) is 68.0 Å². The zero-order valence-electron chi connectivity index (χ0n) is 20.0. The van der Waals surface area contributed by atoms with E-state index >= 15 is 0 Å². The van der Waals surface area contributed by atoms with Crippen molar-refractivity contribution in [1.29, 1.82) is 0 Å².